The van der Waals surface area contributed by atoms with Crippen molar-refractivity contribution in [2.24, 2.45) is 0 Å². The summed E-state index contributed by atoms with van der Waals surface area (Å²) >= 11 is 0. The summed E-state index contributed by atoms with van der Waals surface area (Å²) in [5, 5.41) is 0. The lowest BCUT2D eigenvalue weighted by atomic mass is 10.1. The molecule has 1 fully saturated rings. The first kappa shape index (κ1) is 21.1. The number of methoxy groups -OCH3 is 1. The SMILES string of the molecule is COc1cccc(-c2cc(C(=O)N3C[C@@H](C)O[C@H](C)C3)c(C)n2-c2ccccc2F)c1. The highest BCUT2D eigenvalue weighted by atomic mass is 19.1. The van der Waals surface area contributed by atoms with Crippen LogP contribution in [0.2, 0.25) is 0 Å². The van der Waals surface area contributed by atoms with Crippen molar-refractivity contribution in [3.05, 3.63) is 71.7 Å². The van der Waals surface area contributed by atoms with E-state index in [0.29, 0.717) is 35.8 Å². The van der Waals surface area contributed by atoms with E-state index < -0.39 is 0 Å². The second-order valence-electron chi connectivity index (χ2n) is 8.01. The quantitative estimate of drug-likeness (QED) is 0.604. The molecule has 6 heteroatoms. The number of morpholine rings is 1. The third-order valence-corrected chi connectivity index (χ3v) is 5.64. The summed E-state index contributed by atoms with van der Waals surface area (Å²) in [4.78, 5) is 15.3. The van der Waals surface area contributed by atoms with E-state index in [0.717, 1.165) is 11.3 Å². The van der Waals surface area contributed by atoms with Crippen molar-refractivity contribution in [3.8, 4) is 22.7 Å². The fraction of sp³-hybridized carbons (Fsp3) is 0.320. The first-order valence-corrected chi connectivity index (χ1v) is 10.5. The Bertz CT molecular complexity index is 1100. The van der Waals surface area contributed by atoms with Gasteiger partial charge in [0.25, 0.3) is 5.91 Å². The van der Waals surface area contributed by atoms with Gasteiger partial charge in [0.1, 0.15) is 11.6 Å². The molecule has 0 saturated carbocycles. The molecule has 0 spiro atoms. The van der Waals surface area contributed by atoms with Crippen LogP contribution in [0.3, 0.4) is 0 Å². The van der Waals surface area contributed by atoms with E-state index in [9.17, 15) is 9.18 Å². The summed E-state index contributed by atoms with van der Waals surface area (Å²) in [6, 6.07) is 16.0. The standard InChI is InChI=1S/C25H27FN2O3/c1-16-14-27(15-17(2)31-16)25(29)21-13-24(19-8-7-9-20(12-19)30-4)28(18(21)3)23-11-6-5-10-22(23)26/h5-13,16-17H,14-15H2,1-4H3/t16-,17-/m1/s1. The van der Waals surface area contributed by atoms with Gasteiger partial charge in [-0.1, -0.05) is 24.3 Å². The largest absolute Gasteiger partial charge is 0.497 e. The number of para-hydroxylation sites is 1. The average molecular weight is 423 g/mol. The Balaban J connectivity index is 1.86. The lowest BCUT2D eigenvalue weighted by Gasteiger charge is -2.35. The van der Waals surface area contributed by atoms with Crippen LogP contribution in [0.15, 0.2) is 54.6 Å². The van der Waals surface area contributed by atoms with Gasteiger partial charge in [0, 0.05) is 24.3 Å². The first-order chi connectivity index (χ1) is 14.9. The number of nitrogens with zero attached hydrogens (tertiary/aromatic N) is 2. The fourth-order valence-electron chi connectivity index (χ4n) is 4.28. The molecule has 1 aliphatic rings. The van der Waals surface area contributed by atoms with Crippen molar-refractivity contribution in [1.29, 1.82) is 0 Å². The van der Waals surface area contributed by atoms with Crippen LogP contribution in [0.4, 0.5) is 4.39 Å². The molecule has 1 amide bonds. The third-order valence-electron chi connectivity index (χ3n) is 5.64. The topological polar surface area (TPSA) is 43.7 Å². The highest BCUT2D eigenvalue weighted by Crippen LogP contribution is 2.33. The molecule has 1 aliphatic heterocycles. The Morgan fingerprint density at radius 1 is 1.06 bits per heavy atom. The summed E-state index contributed by atoms with van der Waals surface area (Å²) in [6.07, 6.45) is -0.0565. The Labute approximate surface area is 182 Å². The number of carbonyl (C=O) groups excluding carboxylic acids is 1. The van der Waals surface area contributed by atoms with Crippen LogP contribution in [-0.4, -0.2) is 47.8 Å². The second-order valence-corrected chi connectivity index (χ2v) is 8.01. The summed E-state index contributed by atoms with van der Waals surface area (Å²) < 4.78 is 27.8. The van der Waals surface area contributed by atoms with Crippen molar-refractivity contribution in [2.45, 2.75) is 33.0 Å². The van der Waals surface area contributed by atoms with Gasteiger partial charge in [-0.2, -0.15) is 0 Å². The van der Waals surface area contributed by atoms with Crippen molar-refractivity contribution in [3.63, 3.8) is 0 Å². The summed E-state index contributed by atoms with van der Waals surface area (Å²) in [5.74, 6) is 0.275. The molecule has 0 aliphatic carbocycles. The second kappa shape index (κ2) is 8.55. The van der Waals surface area contributed by atoms with Gasteiger partial charge >= 0.3 is 0 Å². The molecule has 1 saturated heterocycles. The van der Waals surface area contributed by atoms with Gasteiger partial charge in [-0.15, -0.1) is 0 Å². The number of hydrogen-bond acceptors (Lipinski definition) is 3. The van der Waals surface area contributed by atoms with E-state index in [1.165, 1.54) is 6.07 Å². The molecule has 0 radical (unpaired) electrons. The van der Waals surface area contributed by atoms with Crippen LogP contribution in [0.5, 0.6) is 5.75 Å². The minimum atomic E-state index is -0.349. The molecule has 2 heterocycles. The number of aromatic nitrogens is 1. The molecule has 2 atom stereocenters. The maximum Gasteiger partial charge on any atom is 0.255 e. The molecule has 4 rings (SSSR count). The molecule has 0 unspecified atom stereocenters. The highest BCUT2D eigenvalue weighted by molar-refractivity contribution is 5.97. The molecule has 3 aromatic rings. The lowest BCUT2D eigenvalue weighted by Crippen LogP contribution is -2.48. The monoisotopic (exact) mass is 422 g/mol. The molecular formula is C25H27FN2O3. The molecule has 31 heavy (non-hydrogen) atoms. The zero-order valence-electron chi connectivity index (χ0n) is 18.3. The molecule has 0 bridgehead atoms. The number of halogens is 1. The zero-order chi connectivity index (χ0) is 22.1. The van der Waals surface area contributed by atoms with E-state index in [4.69, 9.17) is 9.47 Å². The summed E-state index contributed by atoms with van der Waals surface area (Å²) in [7, 11) is 1.61. The fourth-order valence-corrected chi connectivity index (χ4v) is 4.28. The maximum absolute atomic E-state index is 14.8. The molecule has 5 nitrogen and oxygen atoms in total. The van der Waals surface area contributed by atoms with Crippen molar-refractivity contribution < 1.29 is 18.7 Å². The molecule has 2 aromatic carbocycles. The number of ether oxygens (including phenoxy) is 2. The van der Waals surface area contributed by atoms with Crippen LogP contribution in [0.1, 0.15) is 29.9 Å². The summed E-state index contributed by atoms with van der Waals surface area (Å²) in [5.41, 5.74) is 3.23. The van der Waals surface area contributed by atoms with Gasteiger partial charge in [-0.05, 0) is 51.1 Å². The van der Waals surface area contributed by atoms with Crippen molar-refractivity contribution >= 4 is 5.91 Å². The van der Waals surface area contributed by atoms with E-state index in [1.807, 2.05) is 60.6 Å². The first-order valence-electron chi connectivity index (χ1n) is 10.5. The van der Waals surface area contributed by atoms with Gasteiger partial charge in [-0.3, -0.25) is 4.79 Å². The number of rotatable bonds is 4. The predicted octanol–water partition coefficient (Wildman–Crippen LogP) is 4.85. The lowest BCUT2D eigenvalue weighted by molar-refractivity contribution is -0.0586. The average Bonchev–Trinajstić information content (AvgIpc) is 3.10. The molecule has 1 aromatic heterocycles. The van der Waals surface area contributed by atoms with Gasteiger partial charge in [0.2, 0.25) is 0 Å². The van der Waals surface area contributed by atoms with Crippen LogP contribution in [-0.2, 0) is 4.74 Å². The highest BCUT2D eigenvalue weighted by Gasteiger charge is 2.30. The smallest absolute Gasteiger partial charge is 0.255 e. The molecule has 0 N–H and O–H groups in total. The Morgan fingerprint density at radius 3 is 2.45 bits per heavy atom. The third kappa shape index (κ3) is 4.08. The minimum absolute atomic E-state index is 0.0282. The zero-order valence-corrected chi connectivity index (χ0v) is 18.3. The minimum Gasteiger partial charge on any atom is -0.497 e. The Kier molecular flexibility index (Phi) is 5.83. The van der Waals surface area contributed by atoms with Gasteiger partial charge < -0.3 is 18.9 Å². The summed E-state index contributed by atoms with van der Waals surface area (Å²) in [6.45, 7) is 6.85. The predicted molar refractivity (Wildman–Crippen MR) is 118 cm³/mol. The van der Waals surface area contributed by atoms with Gasteiger partial charge in [0.05, 0.1) is 36.3 Å². The van der Waals surface area contributed by atoms with Crippen molar-refractivity contribution in [1.82, 2.24) is 9.47 Å². The van der Waals surface area contributed by atoms with Crippen LogP contribution in [0.25, 0.3) is 16.9 Å². The van der Waals surface area contributed by atoms with Crippen LogP contribution >= 0.6 is 0 Å². The Hall–Kier alpha value is -3.12. The van der Waals surface area contributed by atoms with Crippen LogP contribution < -0.4 is 4.74 Å². The van der Waals surface area contributed by atoms with E-state index >= 15 is 0 Å². The maximum atomic E-state index is 14.8. The van der Waals surface area contributed by atoms with Crippen LogP contribution in [0, 0.1) is 12.7 Å². The van der Waals surface area contributed by atoms with E-state index in [1.54, 1.807) is 25.3 Å². The molecule has 162 valence electrons. The Morgan fingerprint density at radius 2 is 1.77 bits per heavy atom. The van der Waals surface area contributed by atoms with E-state index in [-0.39, 0.29) is 23.9 Å². The van der Waals surface area contributed by atoms with Crippen molar-refractivity contribution in [2.75, 3.05) is 20.2 Å². The van der Waals surface area contributed by atoms with E-state index in [2.05, 4.69) is 0 Å². The number of benzene rings is 2. The number of hydrogen-bond donors (Lipinski definition) is 0. The molecular weight excluding hydrogens is 395 g/mol. The van der Waals surface area contributed by atoms with Gasteiger partial charge in [-0.25, -0.2) is 4.39 Å². The van der Waals surface area contributed by atoms with Gasteiger partial charge in [0.15, 0.2) is 0 Å². The normalized spacial score (nSPS) is 18.8. The number of amides is 1. The number of carbonyl (C=O) groups is 1.